The summed E-state index contributed by atoms with van der Waals surface area (Å²) < 4.78 is 0. The van der Waals surface area contributed by atoms with Crippen LogP contribution in [0.25, 0.3) is 20.9 Å². The molecule has 0 rings (SSSR count). The van der Waals surface area contributed by atoms with Crippen LogP contribution in [0.2, 0.25) is 0 Å². The lowest BCUT2D eigenvalue weighted by atomic mass is 10.1. The van der Waals surface area contributed by atoms with E-state index in [0.29, 0.717) is 13.1 Å². The van der Waals surface area contributed by atoms with Crippen molar-refractivity contribution in [2.24, 2.45) is 10.2 Å². The SMILES string of the molecule is [N-]=[N+]=NCCNCCCCCCCCCCCCNCCN=[N+]=[N-]. The molecule has 0 saturated carbocycles. The summed E-state index contributed by atoms with van der Waals surface area (Å²) in [6.07, 6.45) is 13.1. The Morgan fingerprint density at radius 2 is 0.833 bits per heavy atom. The lowest BCUT2D eigenvalue weighted by Gasteiger charge is -2.04. The molecule has 0 aliphatic heterocycles. The minimum Gasteiger partial charge on any atom is -0.317 e. The number of unbranched alkanes of at least 4 members (excludes halogenated alkanes) is 9. The van der Waals surface area contributed by atoms with Gasteiger partial charge in [-0.2, -0.15) is 0 Å². The van der Waals surface area contributed by atoms with E-state index in [1.807, 2.05) is 0 Å². The second-order valence-electron chi connectivity index (χ2n) is 5.94. The lowest BCUT2D eigenvalue weighted by molar-refractivity contribution is 0.535. The van der Waals surface area contributed by atoms with Crippen LogP contribution in [0.1, 0.15) is 64.2 Å². The fourth-order valence-electron chi connectivity index (χ4n) is 2.51. The molecule has 0 aromatic carbocycles. The molecule has 0 heterocycles. The second-order valence-corrected chi connectivity index (χ2v) is 5.94. The van der Waals surface area contributed by atoms with Crippen LogP contribution < -0.4 is 10.6 Å². The minimum absolute atomic E-state index is 0.544. The fourth-order valence-corrected chi connectivity index (χ4v) is 2.51. The maximum atomic E-state index is 8.13. The Bertz CT molecular complexity index is 314. The Morgan fingerprint density at radius 1 is 0.500 bits per heavy atom. The molecule has 24 heavy (non-hydrogen) atoms. The first-order valence-electron chi connectivity index (χ1n) is 9.35. The first kappa shape index (κ1) is 22.5. The number of hydrogen-bond acceptors (Lipinski definition) is 4. The quantitative estimate of drug-likeness (QED) is 0.154. The zero-order valence-electron chi connectivity index (χ0n) is 15.0. The number of nitrogens with one attached hydrogen (secondary N) is 2. The minimum atomic E-state index is 0.544. The van der Waals surface area contributed by atoms with Gasteiger partial charge in [-0.15, -0.1) is 0 Å². The number of azide groups is 2. The van der Waals surface area contributed by atoms with Gasteiger partial charge in [0, 0.05) is 36.0 Å². The molecule has 0 saturated heterocycles. The third kappa shape index (κ3) is 20.5. The van der Waals surface area contributed by atoms with Gasteiger partial charge in [0.1, 0.15) is 0 Å². The zero-order chi connectivity index (χ0) is 17.6. The summed E-state index contributed by atoms with van der Waals surface area (Å²) in [6.45, 7) is 4.71. The summed E-state index contributed by atoms with van der Waals surface area (Å²) in [4.78, 5) is 5.44. The second kappa shape index (κ2) is 21.5. The highest BCUT2D eigenvalue weighted by Crippen LogP contribution is 2.10. The van der Waals surface area contributed by atoms with Gasteiger partial charge in [0.15, 0.2) is 0 Å². The van der Waals surface area contributed by atoms with Crippen molar-refractivity contribution in [3.8, 4) is 0 Å². The smallest absolute Gasteiger partial charge is 0.0383 e. The van der Waals surface area contributed by atoms with Gasteiger partial charge in [-0.05, 0) is 37.0 Å². The van der Waals surface area contributed by atoms with Crippen molar-refractivity contribution in [3.63, 3.8) is 0 Å². The standard InChI is InChI=1S/C16H34N8/c17-23-21-15-13-19-11-9-7-5-3-1-2-4-6-8-10-12-20-14-16-22-24-18/h19-20H,1-16H2. The topological polar surface area (TPSA) is 122 Å². The van der Waals surface area contributed by atoms with E-state index in [0.717, 1.165) is 26.2 Å². The van der Waals surface area contributed by atoms with Gasteiger partial charge in [-0.25, -0.2) is 0 Å². The Hall–Kier alpha value is -1.46. The van der Waals surface area contributed by atoms with Crippen LogP contribution in [0.4, 0.5) is 0 Å². The van der Waals surface area contributed by atoms with Crippen LogP contribution in [0, 0.1) is 0 Å². The predicted molar refractivity (Wildman–Crippen MR) is 99.9 cm³/mol. The van der Waals surface area contributed by atoms with Gasteiger partial charge in [0.05, 0.1) is 0 Å². The van der Waals surface area contributed by atoms with Gasteiger partial charge in [-0.3, -0.25) is 0 Å². The van der Waals surface area contributed by atoms with Crippen LogP contribution >= 0.6 is 0 Å². The van der Waals surface area contributed by atoms with Crippen molar-refractivity contribution in [1.29, 1.82) is 0 Å². The van der Waals surface area contributed by atoms with Crippen LogP contribution in [0.5, 0.6) is 0 Å². The molecule has 0 atom stereocenters. The summed E-state index contributed by atoms with van der Waals surface area (Å²) >= 11 is 0. The normalized spacial score (nSPS) is 10.2. The van der Waals surface area contributed by atoms with Gasteiger partial charge in [0.2, 0.25) is 0 Å². The summed E-state index contributed by atoms with van der Waals surface area (Å²) in [5, 5.41) is 13.5. The van der Waals surface area contributed by atoms with E-state index in [4.69, 9.17) is 11.1 Å². The molecule has 0 aliphatic rings. The maximum Gasteiger partial charge on any atom is 0.0383 e. The molecule has 0 radical (unpaired) electrons. The first-order valence-corrected chi connectivity index (χ1v) is 9.35. The number of hydrogen-bond donors (Lipinski definition) is 2. The van der Waals surface area contributed by atoms with E-state index < -0.39 is 0 Å². The van der Waals surface area contributed by atoms with E-state index in [1.165, 1.54) is 64.2 Å². The van der Waals surface area contributed by atoms with Crippen LogP contribution in [-0.4, -0.2) is 39.3 Å². The van der Waals surface area contributed by atoms with Gasteiger partial charge in [0.25, 0.3) is 0 Å². The number of nitrogens with zero attached hydrogens (tertiary/aromatic N) is 6. The molecule has 8 nitrogen and oxygen atoms in total. The molecule has 2 N–H and O–H groups in total. The highest BCUT2D eigenvalue weighted by Gasteiger charge is 1.94. The summed E-state index contributed by atoms with van der Waals surface area (Å²) in [7, 11) is 0. The van der Waals surface area contributed by atoms with Crippen molar-refractivity contribution in [1.82, 2.24) is 10.6 Å². The van der Waals surface area contributed by atoms with E-state index in [-0.39, 0.29) is 0 Å². The molecule has 8 heteroatoms. The maximum absolute atomic E-state index is 8.13. The van der Waals surface area contributed by atoms with Gasteiger partial charge in [-0.1, -0.05) is 61.6 Å². The van der Waals surface area contributed by atoms with Crippen LogP contribution in [0.15, 0.2) is 10.2 Å². The van der Waals surface area contributed by atoms with Crippen LogP contribution in [0.3, 0.4) is 0 Å². The molecule has 0 aliphatic carbocycles. The van der Waals surface area contributed by atoms with Crippen molar-refractivity contribution in [2.45, 2.75) is 64.2 Å². The lowest BCUT2D eigenvalue weighted by Crippen LogP contribution is -2.18. The Kier molecular flexibility index (Phi) is 20.2. The molecule has 0 spiro atoms. The molecule has 0 aromatic rings. The van der Waals surface area contributed by atoms with Crippen molar-refractivity contribution in [2.75, 3.05) is 39.3 Å². The van der Waals surface area contributed by atoms with E-state index in [1.54, 1.807) is 0 Å². The van der Waals surface area contributed by atoms with Crippen molar-refractivity contribution < 1.29 is 0 Å². The van der Waals surface area contributed by atoms with E-state index >= 15 is 0 Å². The molecule has 0 fully saturated rings. The molecule has 0 amide bonds. The first-order chi connectivity index (χ1) is 11.9. The van der Waals surface area contributed by atoms with Crippen molar-refractivity contribution in [3.05, 3.63) is 20.9 Å². The third-order valence-corrected chi connectivity index (χ3v) is 3.86. The molecular formula is C16H34N8. The zero-order valence-corrected chi connectivity index (χ0v) is 15.0. The third-order valence-electron chi connectivity index (χ3n) is 3.86. The van der Waals surface area contributed by atoms with Gasteiger partial charge < -0.3 is 10.6 Å². The summed E-state index contributed by atoms with van der Waals surface area (Å²) in [5.74, 6) is 0. The Balaban J connectivity index is 3.00. The molecule has 0 bridgehead atoms. The molecule has 138 valence electrons. The van der Waals surface area contributed by atoms with Crippen molar-refractivity contribution >= 4 is 0 Å². The molecule has 0 unspecified atom stereocenters. The Morgan fingerprint density at radius 3 is 1.17 bits per heavy atom. The molecule has 0 aromatic heterocycles. The van der Waals surface area contributed by atoms with E-state index in [2.05, 4.69) is 30.7 Å². The van der Waals surface area contributed by atoms with Crippen LogP contribution in [-0.2, 0) is 0 Å². The highest BCUT2D eigenvalue weighted by molar-refractivity contribution is 4.55. The van der Waals surface area contributed by atoms with Gasteiger partial charge >= 0.3 is 0 Å². The summed E-state index contributed by atoms with van der Waals surface area (Å²) in [5.41, 5.74) is 16.3. The number of rotatable bonds is 19. The monoisotopic (exact) mass is 338 g/mol. The fraction of sp³-hybridized carbons (Fsp3) is 1.00. The predicted octanol–water partition coefficient (Wildman–Crippen LogP) is 4.69. The largest absolute Gasteiger partial charge is 0.317 e. The van der Waals surface area contributed by atoms with E-state index in [9.17, 15) is 0 Å². The average molecular weight is 339 g/mol. The summed E-state index contributed by atoms with van der Waals surface area (Å²) in [6, 6.07) is 0. The molecular weight excluding hydrogens is 304 g/mol. The Labute approximate surface area is 146 Å². The highest BCUT2D eigenvalue weighted by atomic mass is 15.1. The average Bonchev–Trinajstić information content (AvgIpc) is 2.60.